The number of benzene rings is 1. The molecule has 0 saturated carbocycles. The van der Waals surface area contributed by atoms with Gasteiger partial charge in [0.05, 0.1) is 11.7 Å². The van der Waals surface area contributed by atoms with E-state index in [1.54, 1.807) is 0 Å². The first-order valence-electron chi connectivity index (χ1n) is 6.60. The number of hydrogen-bond acceptors (Lipinski definition) is 2. The van der Waals surface area contributed by atoms with Crippen LogP contribution in [0.5, 0.6) is 0 Å². The van der Waals surface area contributed by atoms with E-state index < -0.39 is 0 Å². The SMILES string of the molecule is CCCNC(c1ccc(C)c(Br)c1)c1ccn(C)n1. The zero-order valence-corrected chi connectivity index (χ0v) is 13.2. The molecule has 0 aliphatic rings. The van der Waals surface area contributed by atoms with Crippen molar-refractivity contribution in [3.8, 4) is 0 Å². The molecular formula is C15H20BrN3. The lowest BCUT2D eigenvalue weighted by atomic mass is 10.0. The van der Waals surface area contributed by atoms with Crippen LogP contribution in [0.3, 0.4) is 0 Å². The summed E-state index contributed by atoms with van der Waals surface area (Å²) in [5.74, 6) is 0. The highest BCUT2D eigenvalue weighted by Crippen LogP contribution is 2.25. The van der Waals surface area contributed by atoms with Crippen molar-refractivity contribution in [1.29, 1.82) is 0 Å². The molecule has 0 amide bonds. The Hall–Kier alpha value is -1.13. The van der Waals surface area contributed by atoms with Gasteiger partial charge in [-0.05, 0) is 43.1 Å². The van der Waals surface area contributed by atoms with Crippen molar-refractivity contribution >= 4 is 15.9 Å². The monoisotopic (exact) mass is 321 g/mol. The highest BCUT2D eigenvalue weighted by molar-refractivity contribution is 9.10. The molecule has 0 bridgehead atoms. The van der Waals surface area contributed by atoms with Crippen LogP contribution in [-0.2, 0) is 7.05 Å². The second kappa shape index (κ2) is 6.35. The molecule has 0 spiro atoms. The van der Waals surface area contributed by atoms with Crippen LogP contribution in [0.25, 0.3) is 0 Å². The summed E-state index contributed by atoms with van der Waals surface area (Å²) in [5, 5.41) is 8.10. The van der Waals surface area contributed by atoms with E-state index in [1.165, 1.54) is 11.1 Å². The van der Waals surface area contributed by atoms with Gasteiger partial charge in [-0.25, -0.2) is 0 Å². The van der Waals surface area contributed by atoms with Crippen molar-refractivity contribution in [2.45, 2.75) is 26.3 Å². The molecule has 1 N–H and O–H groups in total. The van der Waals surface area contributed by atoms with Crippen LogP contribution < -0.4 is 5.32 Å². The van der Waals surface area contributed by atoms with Crippen LogP contribution in [0.1, 0.15) is 36.2 Å². The lowest BCUT2D eigenvalue weighted by molar-refractivity contribution is 0.575. The molecule has 19 heavy (non-hydrogen) atoms. The van der Waals surface area contributed by atoms with Gasteiger partial charge in [0.15, 0.2) is 0 Å². The van der Waals surface area contributed by atoms with Crippen molar-refractivity contribution in [3.63, 3.8) is 0 Å². The topological polar surface area (TPSA) is 29.9 Å². The zero-order chi connectivity index (χ0) is 13.8. The third kappa shape index (κ3) is 3.45. The molecule has 0 aliphatic carbocycles. The summed E-state index contributed by atoms with van der Waals surface area (Å²) in [6.07, 6.45) is 3.09. The van der Waals surface area contributed by atoms with Crippen molar-refractivity contribution in [2.75, 3.05) is 6.54 Å². The average molecular weight is 322 g/mol. The Bertz CT molecular complexity index is 548. The molecule has 0 radical (unpaired) electrons. The Labute approximate surface area is 123 Å². The Morgan fingerprint density at radius 2 is 2.16 bits per heavy atom. The van der Waals surface area contributed by atoms with Gasteiger partial charge in [-0.1, -0.05) is 35.0 Å². The standard InChI is InChI=1S/C15H20BrN3/c1-4-8-17-15(14-7-9-19(3)18-14)12-6-5-11(2)13(16)10-12/h5-7,9-10,15,17H,4,8H2,1-3H3. The number of nitrogens with zero attached hydrogens (tertiary/aromatic N) is 2. The fraction of sp³-hybridized carbons (Fsp3) is 0.400. The number of halogens is 1. The maximum Gasteiger partial charge on any atom is 0.0839 e. The highest BCUT2D eigenvalue weighted by Gasteiger charge is 2.16. The van der Waals surface area contributed by atoms with Crippen LogP contribution in [0, 0.1) is 6.92 Å². The first kappa shape index (κ1) is 14.3. The Balaban J connectivity index is 2.33. The van der Waals surface area contributed by atoms with E-state index in [9.17, 15) is 0 Å². The first-order chi connectivity index (χ1) is 9.11. The van der Waals surface area contributed by atoms with Gasteiger partial charge < -0.3 is 5.32 Å². The first-order valence-corrected chi connectivity index (χ1v) is 7.40. The van der Waals surface area contributed by atoms with Gasteiger partial charge >= 0.3 is 0 Å². The van der Waals surface area contributed by atoms with E-state index in [0.717, 1.165) is 23.1 Å². The fourth-order valence-electron chi connectivity index (χ4n) is 2.06. The maximum absolute atomic E-state index is 4.53. The number of rotatable bonds is 5. The minimum absolute atomic E-state index is 0.151. The molecule has 4 heteroatoms. The van der Waals surface area contributed by atoms with E-state index in [-0.39, 0.29) is 6.04 Å². The predicted molar refractivity (Wildman–Crippen MR) is 82.2 cm³/mol. The second-order valence-electron chi connectivity index (χ2n) is 4.81. The lowest BCUT2D eigenvalue weighted by Gasteiger charge is -2.18. The summed E-state index contributed by atoms with van der Waals surface area (Å²) >= 11 is 3.61. The van der Waals surface area contributed by atoms with Crippen LogP contribution in [-0.4, -0.2) is 16.3 Å². The third-order valence-electron chi connectivity index (χ3n) is 3.16. The van der Waals surface area contributed by atoms with Gasteiger partial charge in [-0.3, -0.25) is 4.68 Å². The maximum atomic E-state index is 4.53. The molecule has 1 aromatic carbocycles. The minimum atomic E-state index is 0.151. The van der Waals surface area contributed by atoms with Crippen molar-refractivity contribution in [3.05, 3.63) is 51.8 Å². The Kier molecular flexibility index (Phi) is 4.77. The van der Waals surface area contributed by atoms with Crippen LogP contribution in [0.15, 0.2) is 34.9 Å². The third-order valence-corrected chi connectivity index (χ3v) is 4.01. The summed E-state index contributed by atoms with van der Waals surface area (Å²) in [7, 11) is 1.95. The Morgan fingerprint density at radius 3 is 2.74 bits per heavy atom. The van der Waals surface area contributed by atoms with Gasteiger partial charge in [0, 0.05) is 17.7 Å². The van der Waals surface area contributed by atoms with Crippen molar-refractivity contribution < 1.29 is 0 Å². The quantitative estimate of drug-likeness (QED) is 0.912. The minimum Gasteiger partial charge on any atom is -0.305 e. The smallest absolute Gasteiger partial charge is 0.0839 e. The fourth-order valence-corrected chi connectivity index (χ4v) is 2.45. The van der Waals surface area contributed by atoms with Crippen LogP contribution in [0.2, 0.25) is 0 Å². The molecule has 2 rings (SSSR count). The number of nitrogens with one attached hydrogen (secondary N) is 1. The van der Waals surface area contributed by atoms with E-state index in [2.05, 4.69) is 64.5 Å². The molecule has 0 fully saturated rings. The van der Waals surface area contributed by atoms with Crippen LogP contribution >= 0.6 is 15.9 Å². The molecule has 1 atom stereocenters. The molecule has 2 aromatic rings. The molecule has 1 heterocycles. The number of aromatic nitrogens is 2. The molecule has 0 aliphatic heterocycles. The number of aryl methyl sites for hydroxylation is 2. The largest absolute Gasteiger partial charge is 0.305 e. The highest BCUT2D eigenvalue weighted by atomic mass is 79.9. The average Bonchev–Trinajstić information content (AvgIpc) is 2.80. The van der Waals surface area contributed by atoms with Crippen LogP contribution in [0.4, 0.5) is 0 Å². The normalized spacial score (nSPS) is 12.6. The van der Waals surface area contributed by atoms with Crippen molar-refractivity contribution in [1.82, 2.24) is 15.1 Å². The Morgan fingerprint density at radius 1 is 1.37 bits per heavy atom. The molecular weight excluding hydrogens is 302 g/mol. The van der Waals surface area contributed by atoms with Gasteiger partial charge in [0.25, 0.3) is 0 Å². The molecule has 1 unspecified atom stereocenters. The molecule has 3 nitrogen and oxygen atoms in total. The van der Waals surface area contributed by atoms with Gasteiger partial charge in [0.1, 0.15) is 0 Å². The van der Waals surface area contributed by atoms with E-state index in [0.29, 0.717) is 0 Å². The second-order valence-corrected chi connectivity index (χ2v) is 5.66. The summed E-state index contributed by atoms with van der Waals surface area (Å²) in [4.78, 5) is 0. The summed E-state index contributed by atoms with van der Waals surface area (Å²) < 4.78 is 2.99. The van der Waals surface area contributed by atoms with E-state index >= 15 is 0 Å². The lowest BCUT2D eigenvalue weighted by Crippen LogP contribution is -2.23. The van der Waals surface area contributed by atoms with Crippen molar-refractivity contribution in [2.24, 2.45) is 7.05 Å². The molecule has 102 valence electrons. The van der Waals surface area contributed by atoms with E-state index in [1.807, 2.05) is 17.9 Å². The summed E-state index contributed by atoms with van der Waals surface area (Å²) in [6, 6.07) is 8.71. The summed E-state index contributed by atoms with van der Waals surface area (Å²) in [5.41, 5.74) is 3.55. The van der Waals surface area contributed by atoms with Gasteiger partial charge in [-0.2, -0.15) is 5.10 Å². The van der Waals surface area contributed by atoms with Gasteiger partial charge in [0.2, 0.25) is 0 Å². The predicted octanol–water partition coefficient (Wildman–Crippen LogP) is 3.58. The molecule has 0 saturated heterocycles. The number of hydrogen-bond donors (Lipinski definition) is 1. The molecule has 1 aromatic heterocycles. The summed E-state index contributed by atoms with van der Waals surface area (Å²) in [6.45, 7) is 5.25. The zero-order valence-electron chi connectivity index (χ0n) is 11.7. The van der Waals surface area contributed by atoms with E-state index in [4.69, 9.17) is 0 Å². The van der Waals surface area contributed by atoms with Gasteiger partial charge in [-0.15, -0.1) is 0 Å².